The third-order valence-electron chi connectivity index (χ3n) is 4.44. The van der Waals surface area contributed by atoms with Gasteiger partial charge in [0.05, 0.1) is 18.2 Å². The number of carbonyl (C=O) groups excluding carboxylic acids is 1. The number of hydrogen-bond acceptors (Lipinski definition) is 4. The molecule has 2 N–H and O–H groups in total. The van der Waals surface area contributed by atoms with Crippen LogP contribution in [-0.4, -0.2) is 29.4 Å². The van der Waals surface area contributed by atoms with Crippen molar-refractivity contribution in [2.24, 2.45) is 5.92 Å². The Labute approximate surface area is 178 Å². The zero-order valence-corrected chi connectivity index (χ0v) is 17.3. The van der Waals surface area contributed by atoms with Crippen molar-refractivity contribution in [2.45, 2.75) is 45.9 Å². The number of carboxylic acid groups (broad SMARTS) is 1. The molecule has 0 spiro atoms. The first-order chi connectivity index (χ1) is 14.5. The molecule has 2 rings (SSSR count). The number of benzene rings is 2. The molecule has 0 aliphatic rings. The maximum atomic E-state index is 12.7. The van der Waals surface area contributed by atoms with Gasteiger partial charge in [-0.2, -0.15) is 0 Å². The topological polar surface area (TPSA) is 84.9 Å². The molecule has 1 unspecified atom stereocenters. The molecule has 0 aliphatic carbocycles. The molecule has 0 aliphatic heterocycles. The summed E-state index contributed by atoms with van der Waals surface area (Å²) in [5.74, 6) is -1.98. The number of amides is 1. The van der Waals surface area contributed by atoms with Crippen molar-refractivity contribution in [3.05, 3.63) is 65.2 Å². The summed E-state index contributed by atoms with van der Waals surface area (Å²) in [6, 6.07) is 11.1. The monoisotopic (exact) mass is 439 g/mol. The van der Waals surface area contributed by atoms with E-state index in [1.54, 1.807) is 39.0 Å². The van der Waals surface area contributed by atoms with Gasteiger partial charge in [0.1, 0.15) is 11.9 Å². The minimum Gasteiger partial charge on any atom is -0.478 e. The molecule has 2 aromatic rings. The summed E-state index contributed by atoms with van der Waals surface area (Å²) in [6.07, 6.45) is -5.63. The van der Waals surface area contributed by atoms with Gasteiger partial charge in [-0.15, -0.1) is 13.2 Å². The molecule has 0 radical (unpaired) electrons. The highest BCUT2D eigenvalue weighted by Gasteiger charge is 2.31. The lowest BCUT2D eigenvalue weighted by Crippen LogP contribution is -2.40. The molecule has 0 bridgehead atoms. The summed E-state index contributed by atoms with van der Waals surface area (Å²) in [5, 5.41) is 11.8. The van der Waals surface area contributed by atoms with Crippen molar-refractivity contribution in [1.82, 2.24) is 5.32 Å². The smallest absolute Gasteiger partial charge is 0.478 e. The van der Waals surface area contributed by atoms with Gasteiger partial charge in [0.25, 0.3) is 0 Å². The van der Waals surface area contributed by atoms with E-state index >= 15 is 0 Å². The fourth-order valence-electron chi connectivity index (χ4n) is 2.88. The largest absolute Gasteiger partial charge is 0.573 e. The van der Waals surface area contributed by atoms with E-state index in [4.69, 9.17) is 9.84 Å². The van der Waals surface area contributed by atoms with Crippen LogP contribution in [0.25, 0.3) is 0 Å². The quantitative estimate of drug-likeness (QED) is 0.592. The first kappa shape index (κ1) is 24.2. The highest BCUT2D eigenvalue weighted by Crippen LogP contribution is 2.24. The van der Waals surface area contributed by atoms with Crippen LogP contribution < -0.4 is 10.1 Å². The van der Waals surface area contributed by atoms with Crippen LogP contribution in [0, 0.1) is 5.92 Å². The zero-order valence-electron chi connectivity index (χ0n) is 17.3. The molecule has 0 saturated carbocycles. The van der Waals surface area contributed by atoms with E-state index in [9.17, 15) is 22.8 Å². The summed E-state index contributed by atoms with van der Waals surface area (Å²) in [4.78, 5) is 23.7. The fraction of sp³-hybridized carbons (Fsp3) is 0.364. The van der Waals surface area contributed by atoms with Crippen LogP contribution in [0.4, 0.5) is 13.2 Å². The Morgan fingerprint density at radius 2 is 1.71 bits per heavy atom. The van der Waals surface area contributed by atoms with E-state index in [1.165, 1.54) is 30.3 Å². The van der Waals surface area contributed by atoms with Gasteiger partial charge in [-0.1, -0.05) is 38.1 Å². The van der Waals surface area contributed by atoms with Crippen molar-refractivity contribution in [3.8, 4) is 5.75 Å². The van der Waals surface area contributed by atoms with E-state index in [0.717, 1.165) is 5.56 Å². The Hall–Kier alpha value is -3.07. The molecular formula is C22H24F3NO5. The second-order valence-electron chi connectivity index (χ2n) is 7.33. The van der Waals surface area contributed by atoms with Crippen molar-refractivity contribution in [1.29, 1.82) is 0 Å². The average molecular weight is 439 g/mol. The Balaban J connectivity index is 2.01. The van der Waals surface area contributed by atoms with Crippen LogP contribution in [-0.2, 0) is 16.1 Å². The van der Waals surface area contributed by atoms with Crippen molar-refractivity contribution in [3.63, 3.8) is 0 Å². The Bertz CT molecular complexity index is 897. The number of halogens is 3. The lowest BCUT2D eigenvalue weighted by molar-refractivity contribution is -0.274. The van der Waals surface area contributed by atoms with Crippen LogP contribution in [0.2, 0.25) is 0 Å². The normalized spacial score (nSPS) is 13.5. The highest BCUT2D eigenvalue weighted by molar-refractivity contribution is 5.87. The minimum atomic E-state index is -4.79. The van der Waals surface area contributed by atoms with E-state index in [-0.39, 0.29) is 29.7 Å². The standard InChI is InChI=1S/C22H24F3NO5/c1-13(2)19(30-12-15-5-4-6-18(11-15)31-22(23,24)25)20(27)26-14(3)16-7-9-17(10-8-16)21(28)29/h4-11,13-14,19H,12H2,1-3H3,(H,26,27)(H,28,29)/t14-,19?/m0/s1. The Kier molecular flexibility index (Phi) is 8.04. The molecule has 0 aromatic heterocycles. The van der Waals surface area contributed by atoms with E-state index < -0.39 is 24.5 Å². The predicted octanol–water partition coefficient (Wildman–Crippen LogP) is 4.70. The molecule has 1 amide bonds. The van der Waals surface area contributed by atoms with Gasteiger partial charge in [0.15, 0.2) is 0 Å². The van der Waals surface area contributed by atoms with Crippen LogP contribution >= 0.6 is 0 Å². The number of carboxylic acids is 1. The van der Waals surface area contributed by atoms with Crippen molar-refractivity contribution in [2.75, 3.05) is 0 Å². The van der Waals surface area contributed by atoms with Crippen LogP contribution in [0.15, 0.2) is 48.5 Å². The van der Waals surface area contributed by atoms with E-state index in [1.807, 2.05) is 0 Å². The molecule has 0 fully saturated rings. The van der Waals surface area contributed by atoms with Crippen molar-refractivity contribution >= 4 is 11.9 Å². The second kappa shape index (κ2) is 10.3. The number of alkyl halides is 3. The molecule has 0 saturated heterocycles. The third kappa shape index (κ3) is 7.60. The van der Waals surface area contributed by atoms with Gasteiger partial charge < -0.3 is 19.9 Å². The fourth-order valence-corrected chi connectivity index (χ4v) is 2.88. The van der Waals surface area contributed by atoms with E-state index in [2.05, 4.69) is 10.1 Å². The Morgan fingerprint density at radius 1 is 1.06 bits per heavy atom. The molecule has 31 heavy (non-hydrogen) atoms. The van der Waals surface area contributed by atoms with Gasteiger partial charge in [-0.3, -0.25) is 4.79 Å². The van der Waals surface area contributed by atoms with Crippen molar-refractivity contribution < 1.29 is 37.3 Å². The maximum Gasteiger partial charge on any atom is 0.573 e. The van der Waals surface area contributed by atoms with Gasteiger partial charge in [-0.05, 0) is 48.2 Å². The molecule has 2 aromatic carbocycles. The molecular weight excluding hydrogens is 415 g/mol. The van der Waals surface area contributed by atoms with Gasteiger partial charge in [-0.25, -0.2) is 4.79 Å². The van der Waals surface area contributed by atoms with Gasteiger partial charge in [0.2, 0.25) is 5.91 Å². The number of aromatic carboxylic acids is 1. The summed E-state index contributed by atoms with van der Waals surface area (Å²) in [5.41, 5.74) is 1.29. The van der Waals surface area contributed by atoms with Gasteiger partial charge in [0, 0.05) is 0 Å². The molecule has 0 heterocycles. The summed E-state index contributed by atoms with van der Waals surface area (Å²) in [6.45, 7) is 5.26. The third-order valence-corrected chi connectivity index (χ3v) is 4.44. The summed E-state index contributed by atoms with van der Waals surface area (Å²) >= 11 is 0. The molecule has 168 valence electrons. The maximum absolute atomic E-state index is 12.7. The molecule has 9 heteroatoms. The molecule has 6 nitrogen and oxygen atoms in total. The lowest BCUT2D eigenvalue weighted by atomic mass is 10.0. The number of rotatable bonds is 9. The van der Waals surface area contributed by atoms with Crippen LogP contribution in [0.5, 0.6) is 5.75 Å². The zero-order chi connectivity index (χ0) is 23.2. The highest BCUT2D eigenvalue weighted by atomic mass is 19.4. The van der Waals surface area contributed by atoms with Gasteiger partial charge >= 0.3 is 12.3 Å². The first-order valence-electron chi connectivity index (χ1n) is 9.56. The van der Waals surface area contributed by atoms with Crippen LogP contribution in [0.3, 0.4) is 0 Å². The predicted molar refractivity (Wildman–Crippen MR) is 106 cm³/mol. The Morgan fingerprint density at radius 3 is 2.26 bits per heavy atom. The average Bonchev–Trinajstić information content (AvgIpc) is 2.66. The number of ether oxygens (including phenoxy) is 2. The minimum absolute atomic E-state index is 0.0764. The summed E-state index contributed by atoms with van der Waals surface area (Å²) in [7, 11) is 0. The van der Waals surface area contributed by atoms with Crippen LogP contribution in [0.1, 0.15) is 48.3 Å². The number of nitrogens with one attached hydrogen (secondary N) is 1. The number of hydrogen-bond donors (Lipinski definition) is 2. The first-order valence-corrected chi connectivity index (χ1v) is 9.56. The number of carbonyl (C=O) groups is 2. The van der Waals surface area contributed by atoms with E-state index in [0.29, 0.717) is 5.56 Å². The lowest BCUT2D eigenvalue weighted by Gasteiger charge is -2.24. The molecule has 2 atom stereocenters. The second-order valence-corrected chi connectivity index (χ2v) is 7.33. The summed E-state index contributed by atoms with van der Waals surface area (Å²) < 4.78 is 46.8. The SMILES string of the molecule is CC(C)C(OCc1cccc(OC(F)(F)F)c1)C(=O)N[C@@H](C)c1ccc(C(=O)O)cc1.